The third-order valence-electron chi connectivity index (χ3n) is 3.33. The maximum Gasteiger partial charge on any atom is 0.358 e. The van der Waals surface area contributed by atoms with E-state index in [1.54, 1.807) is 18.4 Å². The van der Waals surface area contributed by atoms with Gasteiger partial charge in [0.15, 0.2) is 10.8 Å². The molecule has 7 heteroatoms. The number of carboxylic acid groups (broad SMARTS) is 1. The molecule has 1 aliphatic rings. The molecule has 0 radical (unpaired) electrons. The van der Waals surface area contributed by atoms with Crippen molar-refractivity contribution in [1.29, 1.82) is 0 Å². The van der Waals surface area contributed by atoms with E-state index in [4.69, 9.17) is 10.6 Å². The summed E-state index contributed by atoms with van der Waals surface area (Å²) in [4.78, 5) is 20.8. The van der Waals surface area contributed by atoms with Crippen molar-refractivity contribution in [2.45, 2.75) is 45.1 Å². The lowest BCUT2D eigenvalue weighted by atomic mass is 9.98. The number of carboxylic acids is 1. The smallest absolute Gasteiger partial charge is 0.358 e. The minimum absolute atomic E-state index is 0.0239. The summed E-state index contributed by atoms with van der Waals surface area (Å²) < 4.78 is 0. The third kappa shape index (κ3) is 4.56. The molecule has 0 aliphatic heterocycles. The van der Waals surface area contributed by atoms with Gasteiger partial charge in [0.05, 0.1) is 5.69 Å². The first-order valence-electron chi connectivity index (χ1n) is 6.93. The number of oxime groups is 1. The summed E-state index contributed by atoms with van der Waals surface area (Å²) in [5, 5.41) is 15.3. The highest BCUT2D eigenvalue weighted by atomic mass is 32.1. The van der Waals surface area contributed by atoms with E-state index in [0.717, 1.165) is 25.7 Å². The van der Waals surface area contributed by atoms with Crippen LogP contribution in [0.1, 0.15) is 44.7 Å². The number of anilines is 1. The molecular weight excluding hydrogens is 290 g/mol. The molecule has 6 nitrogen and oxygen atoms in total. The van der Waals surface area contributed by atoms with E-state index in [1.807, 2.05) is 0 Å². The summed E-state index contributed by atoms with van der Waals surface area (Å²) in [6.07, 6.45) is 6.95. The van der Waals surface area contributed by atoms with Crippen molar-refractivity contribution in [2.75, 3.05) is 5.73 Å². The monoisotopic (exact) mass is 309 g/mol. The predicted molar refractivity (Wildman–Crippen MR) is 83.2 cm³/mol. The Balaban J connectivity index is 2.09. The van der Waals surface area contributed by atoms with E-state index in [1.165, 1.54) is 17.8 Å². The predicted octanol–water partition coefficient (Wildman–Crippen LogP) is 2.92. The Labute approximate surface area is 127 Å². The van der Waals surface area contributed by atoms with Gasteiger partial charge in [-0.1, -0.05) is 11.6 Å². The maximum atomic E-state index is 11.3. The Hall–Kier alpha value is -1.89. The van der Waals surface area contributed by atoms with Crippen LogP contribution in [0.15, 0.2) is 16.1 Å². The number of hydrogen-bond acceptors (Lipinski definition) is 6. The molecule has 1 aliphatic carbocycles. The van der Waals surface area contributed by atoms with Gasteiger partial charge in [-0.15, -0.1) is 11.3 Å². The fourth-order valence-electron chi connectivity index (χ4n) is 2.23. The van der Waals surface area contributed by atoms with Crippen molar-refractivity contribution in [3.63, 3.8) is 0 Å². The molecular formula is C14H19N3O3S. The van der Waals surface area contributed by atoms with E-state index in [2.05, 4.69) is 10.1 Å². The zero-order valence-electron chi connectivity index (χ0n) is 11.9. The molecule has 0 aromatic carbocycles. The van der Waals surface area contributed by atoms with Crippen LogP contribution in [0.2, 0.25) is 0 Å². The van der Waals surface area contributed by atoms with Gasteiger partial charge in [0.1, 0.15) is 6.10 Å². The van der Waals surface area contributed by atoms with E-state index in [-0.39, 0.29) is 11.8 Å². The maximum absolute atomic E-state index is 11.3. The van der Waals surface area contributed by atoms with Crippen molar-refractivity contribution in [2.24, 2.45) is 5.16 Å². The van der Waals surface area contributed by atoms with Gasteiger partial charge in [-0.2, -0.15) is 0 Å². The van der Waals surface area contributed by atoms with Crippen molar-refractivity contribution >= 4 is 34.2 Å². The van der Waals surface area contributed by atoms with Gasteiger partial charge < -0.3 is 15.7 Å². The molecule has 0 atom stereocenters. The highest BCUT2D eigenvalue weighted by Crippen LogP contribution is 2.21. The second-order valence-corrected chi connectivity index (χ2v) is 5.94. The summed E-state index contributed by atoms with van der Waals surface area (Å²) in [6, 6.07) is 0. The van der Waals surface area contributed by atoms with E-state index in [9.17, 15) is 9.90 Å². The number of nitrogens with zero attached hydrogens (tertiary/aromatic N) is 2. The Kier molecular flexibility index (Phi) is 5.32. The molecule has 1 aromatic heterocycles. The molecule has 0 amide bonds. The van der Waals surface area contributed by atoms with Gasteiger partial charge in [-0.3, -0.25) is 0 Å². The van der Waals surface area contributed by atoms with Gasteiger partial charge in [0.25, 0.3) is 0 Å². The Morgan fingerprint density at radius 1 is 1.52 bits per heavy atom. The van der Waals surface area contributed by atoms with Crippen LogP contribution < -0.4 is 5.73 Å². The van der Waals surface area contributed by atoms with Crippen LogP contribution >= 0.6 is 11.3 Å². The van der Waals surface area contributed by atoms with Crippen LogP contribution in [-0.2, 0) is 9.63 Å². The molecule has 0 unspecified atom stereocenters. The second kappa shape index (κ2) is 7.21. The molecule has 0 bridgehead atoms. The Bertz CT molecular complexity index is 560. The van der Waals surface area contributed by atoms with Gasteiger partial charge >= 0.3 is 5.97 Å². The van der Waals surface area contributed by atoms with Crippen molar-refractivity contribution in [3.05, 3.63) is 16.6 Å². The standard InChI is InChI=1S/C14H19N3O3S/c1-9(7-10-8-21-14(15)16-10)12(13(18)19)17-20-11-5-3-2-4-6-11/h7-8,11H,2-6H2,1H3,(H2,15,16)(H,18,19)/b9-7+,17-12-. The summed E-state index contributed by atoms with van der Waals surface area (Å²) >= 11 is 1.31. The SMILES string of the molecule is CC(=C\c1csc(N)n1)/C(=N/OC1CCCCC1)C(=O)O. The molecule has 0 saturated heterocycles. The largest absolute Gasteiger partial charge is 0.476 e. The van der Waals surface area contributed by atoms with Crippen molar-refractivity contribution in [1.82, 2.24) is 4.98 Å². The normalized spacial score (nSPS) is 17.8. The summed E-state index contributed by atoms with van der Waals surface area (Å²) in [5.41, 5.74) is 6.58. The Morgan fingerprint density at radius 3 is 2.81 bits per heavy atom. The number of rotatable bonds is 5. The topological polar surface area (TPSA) is 97.8 Å². The minimum atomic E-state index is -1.11. The number of aliphatic carboxylic acids is 1. The first-order chi connectivity index (χ1) is 10.1. The van der Waals surface area contributed by atoms with Gasteiger partial charge in [-0.05, 0) is 44.3 Å². The Morgan fingerprint density at radius 2 is 2.24 bits per heavy atom. The summed E-state index contributed by atoms with van der Waals surface area (Å²) in [7, 11) is 0. The number of nitrogens with two attached hydrogens (primary N) is 1. The fraction of sp³-hybridized carbons (Fsp3) is 0.500. The average molecular weight is 309 g/mol. The summed E-state index contributed by atoms with van der Waals surface area (Å²) in [6.45, 7) is 1.67. The fourth-order valence-corrected chi connectivity index (χ4v) is 2.76. The first-order valence-corrected chi connectivity index (χ1v) is 7.81. The van der Waals surface area contributed by atoms with E-state index < -0.39 is 5.97 Å². The lowest BCUT2D eigenvalue weighted by molar-refractivity contribution is -0.129. The van der Waals surface area contributed by atoms with Gasteiger partial charge in [-0.25, -0.2) is 9.78 Å². The van der Waals surface area contributed by atoms with Crippen LogP contribution in [0.25, 0.3) is 6.08 Å². The van der Waals surface area contributed by atoms with Crippen LogP contribution in [-0.4, -0.2) is 27.9 Å². The molecule has 1 heterocycles. The van der Waals surface area contributed by atoms with Gasteiger partial charge in [0.2, 0.25) is 0 Å². The molecule has 2 rings (SSSR count). The zero-order valence-corrected chi connectivity index (χ0v) is 12.7. The summed E-state index contributed by atoms with van der Waals surface area (Å²) in [5.74, 6) is -1.11. The number of aromatic nitrogens is 1. The minimum Gasteiger partial charge on any atom is -0.476 e. The molecule has 21 heavy (non-hydrogen) atoms. The molecule has 114 valence electrons. The first kappa shape index (κ1) is 15.5. The number of thiazole rings is 1. The molecule has 0 spiro atoms. The lowest BCUT2D eigenvalue weighted by Crippen LogP contribution is -2.19. The number of hydrogen-bond donors (Lipinski definition) is 2. The van der Waals surface area contributed by atoms with E-state index in [0.29, 0.717) is 16.4 Å². The van der Waals surface area contributed by atoms with E-state index >= 15 is 0 Å². The quantitative estimate of drug-likeness (QED) is 0.643. The zero-order chi connectivity index (χ0) is 15.2. The van der Waals surface area contributed by atoms with Crippen LogP contribution in [0.3, 0.4) is 0 Å². The number of carbonyl (C=O) groups is 1. The molecule has 3 N–H and O–H groups in total. The lowest BCUT2D eigenvalue weighted by Gasteiger charge is -2.19. The van der Waals surface area contributed by atoms with Crippen LogP contribution in [0.4, 0.5) is 5.13 Å². The second-order valence-electron chi connectivity index (χ2n) is 5.05. The van der Waals surface area contributed by atoms with Crippen molar-refractivity contribution in [3.8, 4) is 0 Å². The highest BCUT2D eigenvalue weighted by molar-refractivity contribution is 7.13. The number of nitrogen functional groups attached to an aromatic ring is 1. The highest BCUT2D eigenvalue weighted by Gasteiger charge is 2.18. The van der Waals surface area contributed by atoms with Crippen LogP contribution in [0, 0.1) is 0 Å². The average Bonchev–Trinajstić information content (AvgIpc) is 2.85. The van der Waals surface area contributed by atoms with Crippen LogP contribution in [0.5, 0.6) is 0 Å². The van der Waals surface area contributed by atoms with Crippen molar-refractivity contribution < 1.29 is 14.7 Å². The molecule has 1 fully saturated rings. The molecule has 1 saturated carbocycles. The molecule has 1 aromatic rings. The van der Waals surface area contributed by atoms with Gasteiger partial charge in [0, 0.05) is 5.38 Å². The third-order valence-corrected chi connectivity index (χ3v) is 4.02.